The number of ether oxygens (including phenoxy) is 2. The van der Waals surface area contributed by atoms with Crippen LogP contribution in [-0.4, -0.2) is 69.0 Å². The van der Waals surface area contributed by atoms with Gasteiger partial charge in [-0.25, -0.2) is 0 Å². The van der Waals surface area contributed by atoms with Crippen molar-refractivity contribution in [3.63, 3.8) is 0 Å². The maximum Gasteiger partial charge on any atom is 0.191 e. The van der Waals surface area contributed by atoms with E-state index in [9.17, 15) is 0 Å². The van der Waals surface area contributed by atoms with Crippen LogP contribution in [0, 0.1) is 6.92 Å². The third-order valence-corrected chi connectivity index (χ3v) is 5.63. The van der Waals surface area contributed by atoms with E-state index >= 15 is 0 Å². The highest BCUT2D eigenvalue weighted by atomic mass is 16.5. The van der Waals surface area contributed by atoms with Crippen molar-refractivity contribution in [3.05, 3.63) is 35.4 Å². The van der Waals surface area contributed by atoms with E-state index < -0.39 is 0 Å². The van der Waals surface area contributed by atoms with Gasteiger partial charge in [0.15, 0.2) is 5.96 Å². The van der Waals surface area contributed by atoms with Gasteiger partial charge in [0.05, 0.1) is 31.4 Å². The Bertz CT molecular complexity index is 620. The monoisotopic (exact) mass is 388 g/mol. The van der Waals surface area contributed by atoms with Crippen LogP contribution >= 0.6 is 0 Å². The van der Waals surface area contributed by atoms with Gasteiger partial charge in [-0.05, 0) is 39.2 Å². The quantitative estimate of drug-likeness (QED) is 0.555. The predicted molar refractivity (Wildman–Crippen MR) is 114 cm³/mol. The van der Waals surface area contributed by atoms with Gasteiger partial charge in [0.2, 0.25) is 0 Å². The molecule has 1 aromatic carbocycles. The molecule has 2 saturated heterocycles. The highest BCUT2D eigenvalue weighted by Crippen LogP contribution is 2.25. The number of hydrogen-bond acceptors (Lipinski definition) is 4. The Morgan fingerprint density at radius 2 is 1.93 bits per heavy atom. The van der Waals surface area contributed by atoms with E-state index in [2.05, 4.69) is 60.6 Å². The SMILES string of the molecule is CCNC(=NCC1(C)CCCO1)NCC(c1ccc(C)cc1)N1CCOCC1. The number of rotatable bonds is 7. The average molecular weight is 389 g/mol. The van der Waals surface area contributed by atoms with Crippen molar-refractivity contribution in [2.75, 3.05) is 52.5 Å². The molecule has 0 amide bonds. The second-order valence-corrected chi connectivity index (χ2v) is 8.05. The molecular formula is C22H36N4O2. The van der Waals surface area contributed by atoms with E-state index in [4.69, 9.17) is 14.5 Å². The van der Waals surface area contributed by atoms with Crippen LogP contribution in [0.25, 0.3) is 0 Å². The first-order valence-corrected chi connectivity index (χ1v) is 10.6. The van der Waals surface area contributed by atoms with Crippen LogP contribution in [0.4, 0.5) is 0 Å². The molecule has 6 heteroatoms. The third kappa shape index (κ3) is 5.93. The van der Waals surface area contributed by atoms with Gasteiger partial charge >= 0.3 is 0 Å². The fraction of sp³-hybridized carbons (Fsp3) is 0.682. The maximum absolute atomic E-state index is 5.89. The number of guanidine groups is 1. The third-order valence-electron chi connectivity index (χ3n) is 5.63. The van der Waals surface area contributed by atoms with Gasteiger partial charge in [-0.3, -0.25) is 9.89 Å². The molecule has 0 saturated carbocycles. The molecule has 2 unspecified atom stereocenters. The standard InChI is InChI=1S/C22H36N4O2/c1-4-23-21(25-17-22(3)10-5-13-28-22)24-16-20(26-11-14-27-15-12-26)19-8-6-18(2)7-9-19/h6-9,20H,4-5,10-17H2,1-3H3,(H2,23,24,25). The number of benzene rings is 1. The van der Waals surface area contributed by atoms with Crippen molar-refractivity contribution in [2.24, 2.45) is 4.99 Å². The van der Waals surface area contributed by atoms with Crippen molar-refractivity contribution in [2.45, 2.75) is 45.3 Å². The van der Waals surface area contributed by atoms with Crippen molar-refractivity contribution in [3.8, 4) is 0 Å². The van der Waals surface area contributed by atoms with E-state index in [1.54, 1.807) is 0 Å². The lowest BCUT2D eigenvalue weighted by atomic mass is 10.0. The van der Waals surface area contributed by atoms with E-state index in [1.807, 2.05) is 0 Å². The van der Waals surface area contributed by atoms with Crippen LogP contribution in [0.2, 0.25) is 0 Å². The Balaban J connectivity index is 1.68. The summed E-state index contributed by atoms with van der Waals surface area (Å²) in [6.45, 7) is 13.1. The minimum absolute atomic E-state index is 0.122. The molecule has 0 bridgehead atoms. The normalized spacial score (nSPS) is 24.9. The largest absolute Gasteiger partial charge is 0.379 e. The van der Waals surface area contributed by atoms with Crippen molar-refractivity contribution >= 4 is 5.96 Å². The van der Waals surface area contributed by atoms with Crippen LogP contribution in [-0.2, 0) is 9.47 Å². The molecular weight excluding hydrogens is 352 g/mol. The number of hydrogen-bond donors (Lipinski definition) is 2. The first-order chi connectivity index (χ1) is 13.6. The summed E-state index contributed by atoms with van der Waals surface area (Å²) in [5, 5.41) is 6.96. The molecule has 156 valence electrons. The molecule has 28 heavy (non-hydrogen) atoms. The van der Waals surface area contributed by atoms with Crippen molar-refractivity contribution < 1.29 is 9.47 Å². The second kappa shape index (κ2) is 10.2. The average Bonchev–Trinajstić information content (AvgIpc) is 3.15. The molecule has 1 aromatic rings. The smallest absolute Gasteiger partial charge is 0.191 e. The Hall–Kier alpha value is -1.63. The first-order valence-electron chi connectivity index (χ1n) is 10.6. The lowest BCUT2D eigenvalue weighted by Crippen LogP contribution is -2.46. The Morgan fingerprint density at radius 3 is 2.57 bits per heavy atom. The minimum atomic E-state index is -0.122. The summed E-state index contributed by atoms with van der Waals surface area (Å²) < 4.78 is 11.4. The summed E-state index contributed by atoms with van der Waals surface area (Å²) in [5.41, 5.74) is 2.50. The van der Waals surface area contributed by atoms with Crippen molar-refractivity contribution in [1.82, 2.24) is 15.5 Å². The van der Waals surface area contributed by atoms with Gasteiger partial charge in [0.1, 0.15) is 0 Å². The molecule has 2 fully saturated rings. The van der Waals surface area contributed by atoms with Crippen LogP contribution in [0.1, 0.15) is 43.9 Å². The van der Waals surface area contributed by atoms with Crippen LogP contribution in [0.15, 0.2) is 29.3 Å². The molecule has 2 N–H and O–H groups in total. The van der Waals surface area contributed by atoms with Gasteiger partial charge < -0.3 is 20.1 Å². The summed E-state index contributed by atoms with van der Waals surface area (Å²) in [6.07, 6.45) is 2.21. The topological polar surface area (TPSA) is 58.1 Å². The van der Waals surface area contributed by atoms with E-state index in [1.165, 1.54) is 11.1 Å². The second-order valence-electron chi connectivity index (χ2n) is 8.05. The Labute approximate surface area is 169 Å². The van der Waals surface area contributed by atoms with Crippen molar-refractivity contribution in [1.29, 1.82) is 0 Å². The summed E-state index contributed by atoms with van der Waals surface area (Å²) in [7, 11) is 0. The first kappa shape index (κ1) is 21.1. The predicted octanol–water partition coefficient (Wildman–Crippen LogP) is 2.49. The summed E-state index contributed by atoms with van der Waals surface area (Å²) in [6, 6.07) is 9.18. The minimum Gasteiger partial charge on any atom is -0.379 e. The summed E-state index contributed by atoms with van der Waals surface area (Å²) in [5.74, 6) is 0.865. The maximum atomic E-state index is 5.89. The molecule has 3 rings (SSSR count). The fourth-order valence-corrected chi connectivity index (χ4v) is 3.88. The van der Waals surface area contributed by atoms with Gasteiger partial charge in [0.25, 0.3) is 0 Å². The van der Waals surface area contributed by atoms with Crippen LogP contribution < -0.4 is 10.6 Å². The Kier molecular flexibility index (Phi) is 7.71. The number of nitrogens with zero attached hydrogens (tertiary/aromatic N) is 2. The summed E-state index contributed by atoms with van der Waals surface area (Å²) >= 11 is 0. The number of nitrogens with one attached hydrogen (secondary N) is 2. The van der Waals surface area contributed by atoms with Gasteiger partial charge in [-0.2, -0.15) is 0 Å². The van der Waals surface area contributed by atoms with Crippen LogP contribution in [0.5, 0.6) is 0 Å². The Morgan fingerprint density at radius 1 is 1.18 bits per heavy atom. The van der Waals surface area contributed by atoms with E-state index in [-0.39, 0.29) is 5.60 Å². The lowest BCUT2D eigenvalue weighted by Gasteiger charge is -2.35. The zero-order valence-corrected chi connectivity index (χ0v) is 17.7. The zero-order valence-electron chi connectivity index (χ0n) is 17.7. The molecule has 6 nitrogen and oxygen atoms in total. The lowest BCUT2D eigenvalue weighted by molar-refractivity contribution is 0.0169. The van der Waals surface area contributed by atoms with Crippen LogP contribution in [0.3, 0.4) is 0 Å². The van der Waals surface area contributed by atoms with Gasteiger partial charge in [0, 0.05) is 32.8 Å². The summed E-state index contributed by atoms with van der Waals surface area (Å²) in [4.78, 5) is 7.32. The van der Waals surface area contributed by atoms with Gasteiger partial charge in [-0.15, -0.1) is 0 Å². The number of aryl methyl sites for hydroxylation is 1. The fourth-order valence-electron chi connectivity index (χ4n) is 3.88. The van der Waals surface area contributed by atoms with E-state index in [0.717, 1.165) is 64.8 Å². The molecule has 2 aliphatic rings. The van der Waals surface area contributed by atoms with E-state index in [0.29, 0.717) is 12.6 Å². The molecule has 0 aliphatic carbocycles. The molecule has 0 aromatic heterocycles. The highest BCUT2D eigenvalue weighted by Gasteiger charge is 2.29. The number of morpholine rings is 1. The molecule has 2 heterocycles. The number of aliphatic imine (C=N–C) groups is 1. The molecule has 0 radical (unpaired) electrons. The van der Waals surface area contributed by atoms with Gasteiger partial charge in [-0.1, -0.05) is 29.8 Å². The molecule has 2 atom stereocenters. The molecule has 0 spiro atoms. The zero-order chi connectivity index (χ0) is 19.8. The molecule has 2 aliphatic heterocycles. The highest BCUT2D eigenvalue weighted by molar-refractivity contribution is 5.79.